The van der Waals surface area contributed by atoms with Gasteiger partial charge in [-0.3, -0.25) is 4.18 Å². The van der Waals surface area contributed by atoms with E-state index in [1.807, 2.05) is 0 Å². The second kappa shape index (κ2) is 3.63. The Morgan fingerprint density at radius 3 is 2.54 bits per heavy atom. The number of ether oxygens (including phenoxy) is 1. The predicted octanol–water partition coefficient (Wildman–Crippen LogP) is 0.832. The maximum Gasteiger partial charge on any atom is 0.424 e. The Labute approximate surface area is 79.8 Å². The van der Waals surface area contributed by atoms with E-state index in [0.29, 0.717) is 13.2 Å². The molecule has 1 amide bonds. The van der Waals surface area contributed by atoms with Gasteiger partial charge in [-0.15, -0.1) is 0 Å². The highest BCUT2D eigenvalue weighted by atomic mass is 32.2. The van der Waals surface area contributed by atoms with Gasteiger partial charge in [-0.25, -0.2) is 13.3 Å². The maximum atomic E-state index is 11.3. The minimum atomic E-state index is -1.67. The molecule has 1 rings (SSSR count). The second-order valence-corrected chi connectivity index (χ2v) is 4.73. The molecule has 0 radical (unpaired) electrons. The molecule has 76 valence electrons. The lowest BCUT2D eigenvalue weighted by atomic mass is 10.2. The molecule has 0 bridgehead atoms. The van der Waals surface area contributed by atoms with Crippen LogP contribution in [-0.4, -0.2) is 33.4 Å². The number of rotatable bonds is 0. The minimum Gasteiger partial charge on any atom is -0.443 e. The van der Waals surface area contributed by atoms with Crippen molar-refractivity contribution in [1.29, 1.82) is 0 Å². The van der Waals surface area contributed by atoms with Crippen LogP contribution in [0, 0.1) is 0 Å². The highest BCUT2D eigenvalue weighted by molar-refractivity contribution is 7.78. The largest absolute Gasteiger partial charge is 0.443 e. The second-order valence-electron chi connectivity index (χ2n) is 3.62. The number of carbonyl (C=O) groups excluding carboxylic acids is 1. The summed E-state index contributed by atoms with van der Waals surface area (Å²) >= 11 is -1.67. The molecule has 1 aliphatic heterocycles. The molecule has 5 nitrogen and oxygen atoms in total. The van der Waals surface area contributed by atoms with E-state index in [1.54, 1.807) is 20.8 Å². The Morgan fingerprint density at radius 2 is 2.15 bits per heavy atom. The average molecular weight is 207 g/mol. The fraction of sp³-hybridized carbons (Fsp3) is 0.857. The first-order valence-corrected chi connectivity index (χ1v) is 4.99. The third-order valence-electron chi connectivity index (χ3n) is 1.26. The van der Waals surface area contributed by atoms with Gasteiger partial charge in [0.2, 0.25) is 0 Å². The Morgan fingerprint density at radius 1 is 1.54 bits per heavy atom. The van der Waals surface area contributed by atoms with Crippen molar-refractivity contribution in [2.75, 3.05) is 13.2 Å². The SMILES string of the molecule is CC(C)(C)OC(=O)N1CCOS1=O. The quantitative estimate of drug-likeness (QED) is 0.590. The fourth-order valence-corrected chi connectivity index (χ4v) is 1.52. The summed E-state index contributed by atoms with van der Waals surface area (Å²) < 4.78 is 21.8. The molecule has 13 heavy (non-hydrogen) atoms. The van der Waals surface area contributed by atoms with Crippen LogP contribution in [0.3, 0.4) is 0 Å². The van der Waals surface area contributed by atoms with E-state index in [2.05, 4.69) is 0 Å². The molecule has 0 N–H and O–H groups in total. The fourth-order valence-electron chi connectivity index (χ4n) is 0.795. The highest BCUT2D eigenvalue weighted by Crippen LogP contribution is 2.14. The first kappa shape index (κ1) is 10.5. The third kappa shape index (κ3) is 2.96. The van der Waals surface area contributed by atoms with Crippen LogP contribution in [0.25, 0.3) is 0 Å². The zero-order valence-corrected chi connectivity index (χ0v) is 8.72. The first-order valence-electron chi connectivity index (χ1n) is 3.96. The Hall–Kier alpha value is -0.620. The summed E-state index contributed by atoms with van der Waals surface area (Å²) in [5.74, 6) is 0. The molecule has 0 saturated carbocycles. The Balaban J connectivity index is 2.53. The number of hydrogen-bond acceptors (Lipinski definition) is 4. The van der Waals surface area contributed by atoms with E-state index in [9.17, 15) is 9.00 Å². The predicted molar refractivity (Wildman–Crippen MR) is 47.0 cm³/mol. The van der Waals surface area contributed by atoms with Gasteiger partial charge in [0.1, 0.15) is 5.60 Å². The molecule has 1 heterocycles. The standard InChI is InChI=1S/C7H13NO4S/c1-7(2,3)12-6(9)8-4-5-11-13(8)10/h4-5H2,1-3H3. The Kier molecular flexibility index (Phi) is 2.92. The van der Waals surface area contributed by atoms with Crippen LogP contribution in [0.4, 0.5) is 4.79 Å². The monoisotopic (exact) mass is 207 g/mol. The van der Waals surface area contributed by atoms with Gasteiger partial charge >= 0.3 is 6.09 Å². The average Bonchev–Trinajstić information content (AvgIpc) is 2.30. The zero-order valence-electron chi connectivity index (χ0n) is 7.90. The van der Waals surface area contributed by atoms with Crippen LogP contribution in [0.5, 0.6) is 0 Å². The molecule has 1 aliphatic rings. The molecule has 1 saturated heterocycles. The highest BCUT2D eigenvalue weighted by Gasteiger charge is 2.30. The van der Waals surface area contributed by atoms with Gasteiger partial charge in [-0.05, 0) is 20.8 Å². The minimum absolute atomic E-state index is 0.297. The number of hydrogen-bond donors (Lipinski definition) is 0. The van der Waals surface area contributed by atoms with Gasteiger partial charge in [-0.1, -0.05) is 0 Å². The molecule has 6 heteroatoms. The number of carbonyl (C=O) groups is 1. The van der Waals surface area contributed by atoms with Crippen LogP contribution < -0.4 is 0 Å². The topological polar surface area (TPSA) is 55.8 Å². The molecular weight excluding hydrogens is 194 g/mol. The lowest BCUT2D eigenvalue weighted by Crippen LogP contribution is -2.35. The van der Waals surface area contributed by atoms with Crippen LogP contribution in [0.1, 0.15) is 20.8 Å². The summed E-state index contributed by atoms with van der Waals surface area (Å²) in [6.07, 6.45) is -0.594. The van der Waals surface area contributed by atoms with Crippen molar-refractivity contribution in [3.8, 4) is 0 Å². The van der Waals surface area contributed by atoms with Gasteiger partial charge in [0, 0.05) is 0 Å². The van der Waals surface area contributed by atoms with E-state index in [-0.39, 0.29) is 0 Å². The Bertz CT molecular complexity index is 235. The van der Waals surface area contributed by atoms with E-state index in [1.165, 1.54) is 0 Å². The summed E-state index contributed by atoms with van der Waals surface area (Å²) in [4.78, 5) is 11.3. The van der Waals surface area contributed by atoms with Gasteiger partial charge in [0.15, 0.2) is 0 Å². The van der Waals surface area contributed by atoms with Gasteiger partial charge < -0.3 is 4.74 Å². The van der Waals surface area contributed by atoms with Gasteiger partial charge in [-0.2, -0.15) is 0 Å². The van der Waals surface area contributed by atoms with Crippen molar-refractivity contribution in [2.24, 2.45) is 0 Å². The van der Waals surface area contributed by atoms with E-state index in [0.717, 1.165) is 4.31 Å². The molecule has 1 fully saturated rings. The van der Waals surface area contributed by atoms with Crippen molar-refractivity contribution in [3.05, 3.63) is 0 Å². The van der Waals surface area contributed by atoms with Crippen LogP contribution in [-0.2, 0) is 20.2 Å². The van der Waals surface area contributed by atoms with Crippen molar-refractivity contribution >= 4 is 17.4 Å². The maximum absolute atomic E-state index is 11.3. The summed E-state index contributed by atoms with van der Waals surface area (Å²) in [5, 5.41) is 0. The summed E-state index contributed by atoms with van der Waals surface area (Å²) in [6.45, 7) is 5.88. The molecule has 0 aromatic rings. The van der Waals surface area contributed by atoms with Crippen LogP contribution in [0.15, 0.2) is 0 Å². The van der Waals surface area contributed by atoms with E-state index in [4.69, 9.17) is 8.92 Å². The van der Waals surface area contributed by atoms with E-state index < -0.39 is 23.0 Å². The van der Waals surface area contributed by atoms with E-state index >= 15 is 0 Å². The molecule has 0 aromatic carbocycles. The van der Waals surface area contributed by atoms with Crippen molar-refractivity contribution < 1.29 is 17.9 Å². The summed E-state index contributed by atoms with van der Waals surface area (Å²) in [7, 11) is 0. The molecule has 0 aliphatic carbocycles. The zero-order chi connectivity index (χ0) is 10.1. The van der Waals surface area contributed by atoms with Crippen molar-refractivity contribution in [2.45, 2.75) is 26.4 Å². The molecule has 0 aromatic heterocycles. The smallest absolute Gasteiger partial charge is 0.424 e. The third-order valence-corrected chi connectivity index (χ3v) is 2.32. The molecular formula is C7H13NO4S. The lowest BCUT2D eigenvalue weighted by Gasteiger charge is -2.22. The van der Waals surface area contributed by atoms with Gasteiger partial charge in [0.25, 0.3) is 11.3 Å². The summed E-state index contributed by atoms with van der Waals surface area (Å²) in [5.41, 5.74) is -0.566. The molecule has 1 atom stereocenters. The van der Waals surface area contributed by atoms with Crippen LogP contribution >= 0.6 is 0 Å². The normalized spacial score (nSPS) is 23.3. The lowest BCUT2D eigenvalue weighted by molar-refractivity contribution is 0.0410. The number of nitrogens with zero attached hydrogens (tertiary/aromatic N) is 1. The summed E-state index contributed by atoms with van der Waals surface area (Å²) in [6, 6.07) is 0. The van der Waals surface area contributed by atoms with Gasteiger partial charge in [0.05, 0.1) is 13.2 Å². The van der Waals surface area contributed by atoms with Crippen LogP contribution in [0.2, 0.25) is 0 Å². The molecule has 0 spiro atoms. The molecule has 1 unspecified atom stereocenters. The van der Waals surface area contributed by atoms with Crippen molar-refractivity contribution in [1.82, 2.24) is 4.31 Å². The number of amides is 1. The first-order chi connectivity index (χ1) is 5.90. The van der Waals surface area contributed by atoms with Crippen molar-refractivity contribution in [3.63, 3.8) is 0 Å².